The molecule has 10 heteroatoms. The van der Waals surface area contributed by atoms with Crippen molar-refractivity contribution >= 4 is 35.2 Å². The minimum atomic E-state index is -0.615. The predicted molar refractivity (Wildman–Crippen MR) is 99.6 cm³/mol. The van der Waals surface area contributed by atoms with E-state index in [0.29, 0.717) is 10.6 Å². The van der Waals surface area contributed by atoms with Crippen molar-refractivity contribution in [2.45, 2.75) is 6.92 Å². The van der Waals surface area contributed by atoms with Gasteiger partial charge in [-0.15, -0.1) is 10.2 Å². The number of methoxy groups -OCH3 is 1. The second-order valence-corrected chi connectivity index (χ2v) is 5.82. The topological polar surface area (TPSA) is 116 Å². The standard InChI is InChI=1S/C18H15ClN4O5/c1-3-27-18(25)14-15(10-4-6-11(19)7-5-10)23-28-16(14)20-13-9-8-12(21-22-13)17(24)26-2/h4-9H,3H2,1-2H3,(H,20,22). The Balaban J connectivity index is 1.95. The summed E-state index contributed by atoms with van der Waals surface area (Å²) in [5, 5.41) is 14.9. The Labute approximate surface area is 164 Å². The first-order valence-electron chi connectivity index (χ1n) is 8.15. The molecule has 0 aliphatic carbocycles. The lowest BCUT2D eigenvalue weighted by Crippen LogP contribution is -2.09. The van der Waals surface area contributed by atoms with Gasteiger partial charge in [-0.05, 0) is 31.2 Å². The Bertz CT molecular complexity index is 986. The van der Waals surface area contributed by atoms with Crippen LogP contribution >= 0.6 is 11.6 Å². The molecule has 3 rings (SSSR count). The molecule has 3 aromatic rings. The second-order valence-electron chi connectivity index (χ2n) is 5.38. The number of hydrogen-bond donors (Lipinski definition) is 1. The van der Waals surface area contributed by atoms with Crippen LogP contribution in [0.1, 0.15) is 27.8 Å². The van der Waals surface area contributed by atoms with E-state index in [-0.39, 0.29) is 35.3 Å². The van der Waals surface area contributed by atoms with Crippen molar-refractivity contribution in [1.29, 1.82) is 0 Å². The van der Waals surface area contributed by atoms with Crippen LogP contribution < -0.4 is 5.32 Å². The highest BCUT2D eigenvalue weighted by Gasteiger charge is 2.26. The van der Waals surface area contributed by atoms with E-state index in [1.165, 1.54) is 19.2 Å². The van der Waals surface area contributed by atoms with Crippen molar-refractivity contribution in [3.8, 4) is 11.3 Å². The van der Waals surface area contributed by atoms with E-state index in [1.807, 2.05) is 0 Å². The third-order valence-electron chi connectivity index (χ3n) is 3.59. The number of nitrogens with zero attached hydrogens (tertiary/aromatic N) is 3. The summed E-state index contributed by atoms with van der Waals surface area (Å²) in [7, 11) is 1.24. The van der Waals surface area contributed by atoms with E-state index >= 15 is 0 Å². The van der Waals surface area contributed by atoms with E-state index in [9.17, 15) is 9.59 Å². The zero-order valence-electron chi connectivity index (χ0n) is 14.9. The summed E-state index contributed by atoms with van der Waals surface area (Å²) < 4.78 is 15.0. The maximum Gasteiger partial charge on any atom is 0.358 e. The zero-order valence-corrected chi connectivity index (χ0v) is 15.7. The van der Waals surface area contributed by atoms with Crippen molar-refractivity contribution in [2.75, 3.05) is 19.0 Å². The van der Waals surface area contributed by atoms with Crippen LogP contribution in [0.4, 0.5) is 11.7 Å². The second kappa shape index (κ2) is 8.49. The van der Waals surface area contributed by atoms with Gasteiger partial charge in [0.05, 0.1) is 13.7 Å². The maximum atomic E-state index is 12.5. The summed E-state index contributed by atoms with van der Waals surface area (Å²) >= 11 is 5.91. The number of aromatic nitrogens is 3. The van der Waals surface area contributed by atoms with Gasteiger partial charge in [0.1, 0.15) is 5.69 Å². The molecule has 0 amide bonds. The fraction of sp³-hybridized carbons (Fsp3) is 0.167. The first-order chi connectivity index (χ1) is 13.5. The molecule has 9 nitrogen and oxygen atoms in total. The number of ether oxygens (including phenoxy) is 2. The van der Waals surface area contributed by atoms with Crippen LogP contribution in [0.25, 0.3) is 11.3 Å². The van der Waals surface area contributed by atoms with Crippen LogP contribution in [-0.4, -0.2) is 41.0 Å². The third kappa shape index (κ3) is 4.09. The largest absolute Gasteiger partial charge is 0.464 e. The molecule has 28 heavy (non-hydrogen) atoms. The monoisotopic (exact) mass is 402 g/mol. The lowest BCUT2D eigenvalue weighted by atomic mass is 10.1. The fourth-order valence-electron chi connectivity index (χ4n) is 2.30. The van der Waals surface area contributed by atoms with Crippen molar-refractivity contribution in [1.82, 2.24) is 15.4 Å². The quantitative estimate of drug-likeness (QED) is 0.618. The SMILES string of the molecule is CCOC(=O)c1c(-c2ccc(Cl)cc2)noc1Nc1ccc(C(=O)OC)nn1. The van der Waals surface area contributed by atoms with Crippen LogP contribution in [0.15, 0.2) is 40.9 Å². The highest BCUT2D eigenvalue weighted by atomic mass is 35.5. The summed E-state index contributed by atoms with van der Waals surface area (Å²) in [4.78, 5) is 23.9. The molecule has 1 aromatic carbocycles. The van der Waals surface area contributed by atoms with Crippen LogP contribution in [-0.2, 0) is 9.47 Å². The Morgan fingerprint density at radius 3 is 2.46 bits per heavy atom. The predicted octanol–water partition coefficient (Wildman–Crippen LogP) is 3.49. The summed E-state index contributed by atoms with van der Waals surface area (Å²) in [6.07, 6.45) is 0. The molecule has 0 atom stereocenters. The van der Waals surface area contributed by atoms with Crippen LogP contribution in [0.5, 0.6) is 0 Å². The maximum absolute atomic E-state index is 12.5. The molecule has 0 bridgehead atoms. The molecule has 0 fully saturated rings. The summed E-state index contributed by atoms with van der Waals surface area (Å²) in [6.45, 7) is 1.87. The number of benzene rings is 1. The van der Waals surface area contributed by atoms with Gasteiger partial charge in [-0.1, -0.05) is 28.9 Å². The number of hydrogen-bond acceptors (Lipinski definition) is 9. The lowest BCUT2D eigenvalue weighted by Gasteiger charge is -2.06. The van der Waals surface area contributed by atoms with Crippen molar-refractivity contribution in [2.24, 2.45) is 0 Å². The average molecular weight is 403 g/mol. The molecule has 0 radical (unpaired) electrons. The number of halogens is 1. The van der Waals surface area contributed by atoms with Gasteiger partial charge in [-0.25, -0.2) is 9.59 Å². The third-order valence-corrected chi connectivity index (χ3v) is 3.84. The highest BCUT2D eigenvalue weighted by molar-refractivity contribution is 6.30. The smallest absolute Gasteiger partial charge is 0.358 e. The minimum Gasteiger partial charge on any atom is -0.464 e. The van der Waals surface area contributed by atoms with Crippen molar-refractivity contribution < 1.29 is 23.6 Å². The molecule has 0 aliphatic heterocycles. The molecule has 2 heterocycles. The van der Waals surface area contributed by atoms with E-state index in [1.54, 1.807) is 31.2 Å². The summed E-state index contributed by atoms with van der Waals surface area (Å²) in [5.74, 6) is -0.966. The number of anilines is 2. The summed E-state index contributed by atoms with van der Waals surface area (Å²) in [5.41, 5.74) is 1.05. The van der Waals surface area contributed by atoms with Crippen molar-refractivity contribution in [3.63, 3.8) is 0 Å². The molecular formula is C18H15ClN4O5. The first-order valence-corrected chi connectivity index (χ1v) is 8.53. The Kier molecular flexibility index (Phi) is 5.85. The Morgan fingerprint density at radius 2 is 1.86 bits per heavy atom. The molecule has 0 saturated heterocycles. The Hall–Kier alpha value is -3.46. The van der Waals surface area contributed by atoms with E-state index < -0.39 is 11.9 Å². The number of carbonyl (C=O) groups is 2. The van der Waals surface area contributed by atoms with Crippen LogP contribution in [0.2, 0.25) is 5.02 Å². The minimum absolute atomic E-state index is 0.0310. The van der Waals surface area contributed by atoms with Crippen molar-refractivity contribution in [3.05, 3.63) is 52.7 Å². The molecule has 0 saturated carbocycles. The van der Waals surface area contributed by atoms with Gasteiger partial charge in [0, 0.05) is 10.6 Å². The highest BCUT2D eigenvalue weighted by Crippen LogP contribution is 2.31. The van der Waals surface area contributed by atoms with Gasteiger partial charge in [0.2, 0.25) is 5.88 Å². The molecule has 0 spiro atoms. The van der Waals surface area contributed by atoms with Gasteiger partial charge in [-0.3, -0.25) is 0 Å². The molecule has 144 valence electrons. The van der Waals surface area contributed by atoms with E-state index in [4.69, 9.17) is 20.9 Å². The normalized spacial score (nSPS) is 10.4. The van der Waals surface area contributed by atoms with Gasteiger partial charge in [0.25, 0.3) is 0 Å². The van der Waals surface area contributed by atoms with E-state index in [0.717, 1.165) is 0 Å². The van der Waals surface area contributed by atoms with Gasteiger partial charge < -0.3 is 19.3 Å². The molecule has 0 unspecified atom stereocenters. The van der Waals surface area contributed by atoms with Crippen LogP contribution in [0.3, 0.4) is 0 Å². The van der Waals surface area contributed by atoms with E-state index in [2.05, 4.69) is 25.4 Å². The fourth-order valence-corrected chi connectivity index (χ4v) is 2.43. The first kappa shape index (κ1) is 19.3. The zero-order chi connectivity index (χ0) is 20.1. The van der Waals surface area contributed by atoms with Gasteiger partial charge in [0.15, 0.2) is 17.1 Å². The van der Waals surface area contributed by atoms with Gasteiger partial charge >= 0.3 is 11.9 Å². The summed E-state index contributed by atoms with van der Waals surface area (Å²) in [6, 6.07) is 9.66. The molecule has 0 aliphatic rings. The van der Waals surface area contributed by atoms with Crippen LogP contribution in [0, 0.1) is 0 Å². The molecular weight excluding hydrogens is 388 g/mol. The number of esters is 2. The molecule has 2 aromatic heterocycles. The number of carbonyl (C=O) groups excluding carboxylic acids is 2. The molecule has 1 N–H and O–H groups in total. The lowest BCUT2D eigenvalue weighted by molar-refractivity contribution is 0.0526. The number of nitrogens with one attached hydrogen (secondary N) is 1. The number of rotatable bonds is 6. The Morgan fingerprint density at radius 1 is 1.11 bits per heavy atom. The average Bonchev–Trinajstić information content (AvgIpc) is 3.12. The van der Waals surface area contributed by atoms with Gasteiger partial charge in [-0.2, -0.15) is 0 Å².